The highest BCUT2D eigenvalue weighted by molar-refractivity contribution is 7.89. The zero-order chi connectivity index (χ0) is 21.8. The molecule has 0 fully saturated rings. The van der Waals surface area contributed by atoms with Gasteiger partial charge in [-0.2, -0.15) is 4.31 Å². The number of rotatable bonds is 8. The fraction of sp³-hybridized carbons (Fsp3) is 0.333. The van der Waals surface area contributed by atoms with Crippen molar-refractivity contribution in [1.82, 2.24) is 4.31 Å². The third kappa shape index (κ3) is 5.23. The van der Waals surface area contributed by atoms with Crippen molar-refractivity contribution < 1.29 is 22.7 Å². The van der Waals surface area contributed by atoms with Crippen molar-refractivity contribution in [3.63, 3.8) is 0 Å². The van der Waals surface area contributed by atoms with Gasteiger partial charge < -0.3 is 4.74 Å². The van der Waals surface area contributed by atoms with Crippen LogP contribution in [0.5, 0.6) is 0 Å². The summed E-state index contributed by atoms with van der Waals surface area (Å²) in [6.07, 6.45) is 0. The summed E-state index contributed by atoms with van der Waals surface area (Å²) in [5.74, 6) is -1.12. The number of sulfonamides is 1. The standard InChI is InChI=1S/C21H24ClNO5S/c1-5-23(6-2)29(26,27)20-12-16(9-10-18(20)22)21(25)28-13-19(24)17-11-14(3)7-8-15(17)4/h7-12H,5-6,13H2,1-4H3. The topological polar surface area (TPSA) is 80.8 Å². The Balaban J connectivity index is 2.22. The summed E-state index contributed by atoms with van der Waals surface area (Å²) < 4.78 is 31.9. The smallest absolute Gasteiger partial charge is 0.338 e. The minimum atomic E-state index is -3.85. The Morgan fingerprint density at radius 3 is 2.31 bits per heavy atom. The number of ether oxygens (including phenoxy) is 1. The average Bonchev–Trinajstić information content (AvgIpc) is 2.68. The quantitative estimate of drug-likeness (QED) is 0.460. The summed E-state index contributed by atoms with van der Waals surface area (Å²) in [6, 6.07) is 9.34. The van der Waals surface area contributed by atoms with Crippen molar-refractivity contribution in [2.75, 3.05) is 19.7 Å². The lowest BCUT2D eigenvalue weighted by Crippen LogP contribution is -2.31. The normalized spacial score (nSPS) is 11.5. The van der Waals surface area contributed by atoms with Crippen LogP contribution in [0.15, 0.2) is 41.3 Å². The number of ketones is 1. The van der Waals surface area contributed by atoms with Gasteiger partial charge in [0.05, 0.1) is 10.6 Å². The van der Waals surface area contributed by atoms with Crippen LogP contribution in [0, 0.1) is 13.8 Å². The Bertz CT molecular complexity index is 1030. The molecule has 8 heteroatoms. The number of carbonyl (C=O) groups excluding carboxylic acids is 2. The minimum absolute atomic E-state index is 0.00824. The number of aryl methyl sites for hydroxylation is 2. The number of nitrogens with zero attached hydrogens (tertiary/aromatic N) is 1. The molecule has 6 nitrogen and oxygen atoms in total. The Morgan fingerprint density at radius 2 is 1.69 bits per heavy atom. The van der Waals surface area contributed by atoms with Gasteiger partial charge in [0.2, 0.25) is 15.8 Å². The van der Waals surface area contributed by atoms with Crippen molar-refractivity contribution in [2.45, 2.75) is 32.6 Å². The van der Waals surface area contributed by atoms with Crippen molar-refractivity contribution >= 4 is 33.4 Å². The van der Waals surface area contributed by atoms with E-state index in [9.17, 15) is 18.0 Å². The number of carbonyl (C=O) groups is 2. The van der Waals surface area contributed by atoms with Gasteiger partial charge in [-0.3, -0.25) is 4.79 Å². The Labute approximate surface area is 176 Å². The lowest BCUT2D eigenvalue weighted by Gasteiger charge is -2.19. The van der Waals surface area contributed by atoms with Gasteiger partial charge in [-0.05, 0) is 43.7 Å². The lowest BCUT2D eigenvalue weighted by molar-refractivity contribution is 0.0474. The molecule has 0 saturated carbocycles. The zero-order valence-corrected chi connectivity index (χ0v) is 18.4. The van der Waals surface area contributed by atoms with Gasteiger partial charge in [0.1, 0.15) is 4.90 Å². The van der Waals surface area contributed by atoms with Gasteiger partial charge in [0.25, 0.3) is 0 Å². The van der Waals surface area contributed by atoms with E-state index >= 15 is 0 Å². The van der Waals surface area contributed by atoms with E-state index in [0.717, 1.165) is 11.1 Å². The second-order valence-electron chi connectivity index (χ2n) is 6.55. The first-order valence-electron chi connectivity index (χ1n) is 9.19. The van der Waals surface area contributed by atoms with Crippen LogP contribution in [0.4, 0.5) is 0 Å². The van der Waals surface area contributed by atoms with Crippen LogP contribution >= 0.6 is 11.6 Å². The maximum absolute atomic E-state index is 12.7. The third-order valence-electron chi connectivity index (χ3n) is 4.52. The van der Waals surface area contributed by atoms with Crippen LogP contribution in [0.25, 0.3) is 0 Å². The fourth-order valence-electron chi connectivity index (χ4n) is 2.86. The van der Waals surface area contributed by atoms with E-state index in [1.807, 2.05) is 19.1 Å². The molecule has 0 aliphatic rings. The monoisotopic (exact) mass is 437 g/mol. The van der Waals surface area contributed by atoms with Gasteiger partial charge in [0, 0.05) is 18.7 Å². The maximum atomic E-state index is 12.7. The molecule has 156 valence electrons. The molecule has 0 spiro atoms. The number of hydrogen-bond donors (Lipinski definition) is 0. The number of benzene rings is 2. The van der Waals surface area contributed by atoms with Crippen LogP contribution in [0.3, 0.4) is 0 Å². The fourth-order valence-corrected chi connectivity index (χ4v) is 4.82. The zero-order valence-electron chi connectivity index (χ0n) is 16.9. The first-order valence-corrected chi connectivity index (χ1v) is 11.0. The van der Waals surface area contributed by atoms with E-state index in [2.05, 4.69) is 0 Å². The molecule has 0 atom stereocenters. The van der Waals surface area contributed by atoms with Crippen LogP contribution in [0.2, 0.25) is 5.02 Å². The molecule has 29 heavy (non-hydrogen) atoms. The highest BCUT2D eigenvalue weighted by atomic mass is 35.5. The van der Waals surface area contributed by atoms with Gasteiger partial charge in [-0.15, -0.1) is 0 Å². The second-order valence-corrected chi connectivity index (χ2v) is 8.87. The molecule has 0 heterocycles. The maximum Gasteiger partial charge on any atom is 0.338 e. The Kier molecular flexibility index (Phi) is 7.57. The summed E-state index contributed by atoms with van der Waals surface area (Å²) in [7, 11) is -3.85. The summed E-state index contributed by atoms with van der Waals surface area (Å²) in [5.41, 5.74) is 2.21. The predicted molar refractivity (Wildman–Crippen MR) is 112 cm³/mol. The molecule has 0 N–H and O–H groups in total. The minimum Gasteiger partial charge on any atom is -0.454 e. The van der Waals surface area contributed by atoms with Crippen molar-refractivity contribution in [3.05, 3.63) is 63.7 Å². The number of halogens is 1. The molecule has 0 aliphatic carbocycles. The lowest BCUT2D eigenvalue weighted by atomic mass is 10.0. The van der Waals surface area contributed by atoms with Gasteiger partial charge in [-0.25, -0.2) is 13.2 Å². The summed E-state index contributed by atoms with van der Waals surface area (Å²) in [6.45, 7) is 7.20. The van der Waals surface area contributed by atoms with Gasteiger partial charge >= 0.3 is 5.97 Å². The molecule has 0 aromatic heterocycles. The van der Waals surface area contributed by atoms with E-state index in [1.165, 1.54) is 22.5 Å². The van der Waals surface area contributed by atoms with Gasteiger partial charge in [0.15, 0.2) is 6.61 Å². The van der Waals surface area contributed by atoms with Crippen LogP contribution < -0.4 is 0 Å². The average molecular weight is 438 g/mol. The van der Waals surface area contributed by atoms with E-state index in [1.54, 1.807) is 26.8 Å². The van der Waals surface area contributed by atoms with Crippen LogP contribution in [-0.2, 0) is 14.8 Å². The molecule has 0 aliphatic heterocycles. The van der Waals surface area contributed by atoms with E-state index in [-0.39, 0.29) is 34.4 Å². The van der Waals surface area contributed by atoms with Crippen LogP contribution in [-0.4, -0.2) is 44.2 Å². The molecule has 0 bridgehead atoms. The number of esters is 1. The van der Waals surface area contributed by atoms with Crippen molar-refractivity contribution in [1.29, 1.82) is 0 Å². The molecule has 0 amide bonds. The van der Waals surface area contributed by atoms with E-state index < -0.39 is 22.6 Å². The molecule has 0 saturated heterocycles. The molecule has 0 unspecified atom stereocenters. The second kappa shape index (κ2) is 9.52. The SMILES string of the molecule is CCN(CC)S(=O)(=O)c1cc(C(=O)OCC(=O)c2cc(C)ccc2C)ccc1Cl. The Morgan fingerprint density at radius 1 is 1.03 bits per heavy atom. The molecular weight excluding hydrogens is 414 g/mol. The summed E-state index contributed by atoms with van der Waals surface area (Å²) in [4.78, 5) is 24.6. The molecular formula is C21H24ClNO5S. The summed E-state index contributed by atoms with van der Waals surface area (Å²) in [5, 5.41) is 0.0138. The van der Waals surface area contributed by atoms with Gasteiger partial charge in [-0.1, -0.05) is 43.1 Å². The first kappa shape index (κ1) is 23.1. The third-order valence-corrected chi connectivity index (χ3v) is 7.05. The van der Waals surface area contributed by atoms with Crippen molar-refractivity contribution in [3.8, 4) is 0 Å². The molecule has 2 aromatic rings. The number of Topliss-reactive ketones (excluding diaryl/α,β-unsaturated/α-hetero) is 1. The molecule has 2 rings (SSSR count). The predicted octanol–water partition coefficient (Wildman–Crippen LogP) is 4.03. The molecule has 0 radical (unpaired) electrons. The number of hydrogen-bond acceptors (Lipinski definition) is 5. The highest BCUT2D eigenvalue weighted by Crippen LogP contribution is 2.26. The van der Waals surface area contributed by atoms with Crippen molar-refractivity contribution in [2.24, 2.45) is 0 Å². The highest BCUT2D eigenvalue weighted by Gasteiger charge is 2.26. The summed E-state index contributed by atoms with van der Waals surface area (Å²) >= 11 is 6.07. The largest absolute Gasteiger partial charge is 0.454 e. The van der Waals surface area contributed by atoms with E-state index in [0.29, 0.717) is 5.56 Å². The van der Waals surface area contributed by atoms with Crippen LogP contribution in [0.1, 0.15) is 45.7 Å². The molecule has 2 aromatic carbocycles. The first-order chi connectivity index (χ1) is 13.6. The Hall–Kier alpha value is -2.22. The van der Waals surface area contributed by atoms with E-state index in [4.69, 9.17) is 16.3 Å².